The number of rotatable bonds is 23. The SMILES string of the molecule is CCCCCCCCCCCC(C)C(=O)OCC(CCCC)CCCCCCCC. The summed E-state index contributed by atoms with van der Waals surface area (Å²) in [4.78, 5) is 12.4. The maximum atomic E-state index is 12.4. The summed E-state index contributed by atoms with van der Waals surface area (Å²) in [5.74, 6) is 0.675. The molecule has 0 saturated heterocycles. The van der Waals surface area contributed by atoms with Gasteiger partial charge in [0.15, 0.2) is 0 Å². The summed E-state index contributed by atoms with van der Waals surface area (Å²) < 4.78 is 5.75. The van der Waals surface area contributed by atoms with Crippen molar-refractivity contribution < 1.29 is 9.53 Å². The van der Waals surface area contributed by atoms with Gasteiger partial charge in [0.05, 0.1) is 12.5 Å². The maximum Gasteiger partial charge on any atom is 0.308 e. The third-order valence-corrected chi connectivity index (χ3v) is 6.54. The summed E-state index contributed by atoms with van der Waals surface area (Å²) in [5.41, 5.74) is 0. The van der Waals surface area contributed by atoms with E-state index in [-0.39, 0.29) is 11.9 Å². The Morgan fingerprint density at radius 1 is 0.567 bits per heavy atom. The monoisotopic (exact) mass is 424 g/mol. The lowest BCUT2D eigenvalue weighted by molar-refractivity contribution is -0.149. The second-order valence-corrected chi connectivity index (χ2v) is 9.71. The predicted octanol–water partition coefficient (Wildman–Crippen LogP) is 9.64. The van der Waals surface area contributed by atoms with E-state index in [9.17, 15) is 4.79 Å². The van der Waals surface area contributed by atoms with E-state index < -0.39 is 0 Å². The molecule has 0 N–H and O–H groups in total. The van der Waals surface area contributed by atoms with Crippen molar-refractivity contribution in [2.45, 2.75) is 156 Å². The average Bonchev–Trinajstić information content (AvgIpc) is 2.75. The second-order valence-electron chi connectivity index (χ2n) is 9.71. The van der Waals surface area contributed by atoms with Gasteiger partial charge >= 0.3 is 5.97 Å². The lowest BCUT2D eigenvalue weighted by Crippen LogP contribution is -2.19. The van der Waals surface area contributed by atoms with Crippen LogP contribution in [0.5, 0.6) is 0 Å². The minimum absolute atomic E-state index is 0.0407. The molecule has 0 rings (SSSR count). The van der Waals surface area contributed by atoms with E-state index in [2.05, 4.69) is 27.7 Å². The number of carbonyl (C=O) groups is 1. The van der Waals surface area contributed by atoms with Gasteiger partial charge in [0.1, 0.15) is 0 Å². The summed E-state index contributed by atoms with van der Waals surface area (Å²) in [6.45, 7) is 9.50. The third kappa shape index (κ3) is 19.4. The van der Waals surface area contributed by atoms with Crippen LogP contribution in [0.4, 0.5) is 0 Å². The lowest BCUT2D eigenvalue weighted by atomic mass is 9.95. The zero-order valence-electron chi connectivity index (χ0n) is 21.3. The fourth-order valence-electron chi connectivity index (χ4n) is 4.24. The molecule has 2 unspecified atom stereocenters. The molecule has 180 valence electrons. The van der Waals surface area contributed by atoms with E-state index in [1.807, 2.05) is 0 Å². The smallest absolute Gasteiger partial charge is 0.308 e. The topological polar surface area (TPSA) is 26.3 Å². The van der Waals surface area contributed by atoms with Crippen LogP contribution in [0.2, 0.25) is 0 Å². The maximum absolute atomic E-state index is 12.4. The molecule has 0 fully saturated rings. The molecule has 2 heteroatoms. The minimum atomic E-state index is 0.0407. The Bertz CT molecular complexity index is 353. The van der Waals surface area contributed by atoms with Gasteiger partial charge in [-0.1, -0.05) is 137 Å². The first-order chi connectivity index (χ1) is 14.7. The van der Waals surface area contributed by atoms with Crippen molar-refractivity contribution in [2.24, 2.45) is 11.8 Å². The first kappa shape index (κ1) is 29.5. The zero-order chi connectivity index (χ0) is 22.3. The van der Waals surface area contributed by atoms with Gasteiger partial charge in [0.2, 0.25) is 0 Å². The number of hydrogen-bond donors (Lipinski definition) is 0. The van der Waals surface area contributed by atoms with E-state index in [1.54, 1.807) is 0 Å². The van der Waals surface area contributed by atoms with Crippen molar-refractivity contribution >= 4 is 5.97 Å². The van der Waals surface area contributed by atoms with Gasteiger partial charge in [-0.15, -0.1) is 0 Å². The van der Waals surface area contributed by atoms with E-state index in [4.69, 9.17) is 4.74 Å². The number of esters is 1. The third-order valence-electron chi connectivity index (χ3n) is 6.54. The largest absolute Gasteiger partial charge is 0.465 e. The van der Waals surface area contributed by atoms with Crippen LogP contribution in [-0.4, -0.2) is 12.6 Å². The van der Waals surface area contributed by atoms with Gasteiger partial charge in [-0.2, -0.15) is 0 Å². The molecule has 0 amide bonds. The van der Waals surface area contributed by atoms with Gasteiger partial charge in [-0.3, -0.25) is 4.79 Å². The predicted molar refractivity (Wildman–Crippen MR) is 133 cm³/mol. The van der Waals surface area contributed by atoms with Crippen LogP contribution in [0.3, 0.4) is 0 Å². The molecule has 0 saturated carbocycles. The fourth-order valence-corrected chi connectivity index (χ4v) is 4.24. The molecule has 0 spiro atoms. The number of ether oxygens (including phenoxy) is 1. The number of carbonyl (C=O) groups excluding carboxylic acids is 1. The average molecular weight is 425 g/mol. The van der Waals surface area contributed by atoms with Crippen molar-refractivity contribution in [1.82, 2.24) is 0 Å². The van der Waals surface area contributed by atoms with Crippen LogP contribution in [0, 0.1) is 11.8 Å². The molecule has 0 bridgehead atoms. The van der Waals surface area contributed by atoms with E-state index >= 15 is 0 Å². The van der Waals surface area contributed by atoms with Gasteiger partial charge in [0.25, 0.3) is 0 Å². The van der Waals surface area contributed by atoms with Crippen LogP contribution in [0.25, 0.3) is 0 Å². The van der Waals surface area contributed by atoms with Crippen LogP contribution in [0.1, 0.15) is 156 Å². The number of unbranched alkanes of at least 4 members (excludes halogenated alkanes) is 14. The molecule has 0 radical (unpaired) electrons. The van der Waals surface area contributed by atoms with E-state index in [0.717, 1.165) is 6.42 Å². The highest BCUT2D eigenvalue weighted by atomic mass is 16.5. The van der Waals surface area contributed by atoms with Crippen LogP contribution < -0.4 is 0 Å². The molecule has 0 aliphatic rings. The molecule has 0 heterocycles. The molecule has 30 heavy (non-hydrogen) atoms. The summed E-state index contributed by atoms with van der Waals surface area (Å²) in [5, 5.41) is 0. The van der Waals surface area contributed by atoms with Crippen LogP contribution in [0.15, 0.2) is 0 Å². The van der Waals surface area contributed by atoms with Crippen molar-refractivity contribution in [3.63, 3.8) is 0 Å². The highest BCUT2D eigenvalue weighted by Crippen LogP contribution is 2.20. The Morgan fingerprint density at radius 3 is 1.47 bits per heavy atom. The molecular formula is C28H56O2. The Balaban J connectivity index is 3.84. The standard InChI is InChI=1S/C28H56O2/c1-5-8-11-13-15-16-17-18-20-22-26(4)28(29)30-25-27(23-10-7-3)24-21-19-14-12-9-6-2/h26-27H,5-25H2,1-4H3. The molecule has 2 atom stereocenters. The van der Waals surface area contributed by atoms with Crippen LogP contribution in [-0.2, 0) is 9.53 Å². The lowest BCUT2D eigenvalue weighted by Gasteiger charge is -2.18. The first-order valence-electron chi connectivity index (χ1n) is 13.8. The quantitative estimate of drug-likeness (QED) is 0.120. The Labute approximate surface area is 190 Å². The van der Waals surface area contributed by atoms with Gasteiger partial charge in [-0.05, 0) is 25.2 Å². The molecular weight excluding hydrogens is 368 g/mol. The Hall–Kier alpha value is -0.530. The summed E-state index contributed by atoms with van der Waals surface area (Å²) in [6.07, 6.45) is 26.0. The van der Waals surface area contributed by atoms with Crippen molar-refractivity contribution in [1.29, 1.82) is 0 Å². The number of hydrogen-bond acceptors (Lipinski definition) is 2. The second kappa shape index (κ2) is 23.1. The fraction of sp³-hybridized carbons (Fsp3) is 0.964. The highest BCUT2D eigenvalue weighted by molar-refractivity contribution is 5.71. The molecule has 0 aliphatic carbocycles. The molecule has 0 aromatic heterocycles. The van der Waals surface area contributed by atoms with Gasteiger partial charge < -0.3 is 4.74 Å². The van der Waals surface area contributed by atoms with Crippen molar-refractivity contribution in [2.75, 3.05) is 6.61 Å². The summed E-state index contributed by atoms with van der Waals surface area (Å²) in [7, 11) is 0. The van der Waals surface area contributed by atoms with E-state index in [1.165, 1.54) is 122 Å². The van der Waals surface area contributed by atoms with Crippen LogP contribution >= 0.6 is 0 Å². The van der Waals surface area contributed by atoms with Gasteiger partial charge in [-0.25, -0.2) is 0 Å². The first-order valence-corrected chi connectivity index (χ1v) is 13.8. The molecule has 2 nitrogen and oxygen atoms in total. The molecule has 0 aromatic rings. The normalized spacial score (nSPS) is 13.3. The summed E-state index contributed by atoms with van der Waals surface area (Å²) in [6, 6.07) is 0. The van der Waals surface area contributed by atoms with Crippen molar-refractivity contribution in [3.8, 4) is 0 Å². The summed E-state index contributed by atoms with van der Waals surface area (Å²) >= 11 is 0. The van der Waals surface area contributed by atoms with Gasteiger partial charge in [0, 0.05) is 0 Å². The van der Waals surface area contributed by atoms with Crippen molar-refractivity contribution in [3.05, 3.63) is 0 Å². The minimum Gasteiger partial charge on any atom is -0.465 e. The van der Waals surface area contributed by atoms with E-state index in [0.29, 0.717) is 12.5 Å². The highest BCUT2D eigenvalue weighted by Gasteiger charge is 2.17. The zero-order valence-corrected chi connectivity index (χ0v) is 21.3. The Kier molecular flexibility index (Phi) is 22.7. The molecule has 0 aromatic carbocycles. The Morgan fingerprint density at radius 2 is 0.967 bits per heavy atom. The molecule has 0 aliphatic heterocycles.